The number of nitrogens with zero attached hydrogens (tertiary/aromatic N) is 1. The van der Waals surface area contributed by atoms with Crippen LogP contribution in [0.5, 0.6) is 0 Å². The third kappa shape index (κ3) is 3.05. The molecular weight excluding hydrogens is 340 g/mol. The van der Waals surface area contributed by atoms with Gasteiger partial charge in [0.15, 0.2) is 0 Å². The molecule has 0 unspecified atom stereocenters. The third-order valence-corrected chi connectivity index (χ3v) is 5.29. The van der Waals surface area contributed by atoms with Gasteiger partial charge in [0.05, 0.1) is 17.5 Å². The van der Waals surface area contributed by atoms with Gasteiger partial charge in [-0.15, -0.1) is 0 Å². The van der Waals surface area contributed by atoms with E-state index in [2.05, 4.69) is 5.32 Å². The van der Waals surface area contributed by atoms with Gasteiger partial charge >= 0.3 is 0 Å². The van der Waals surface area contributed by atoms with Crippen LogP contribution in [0.2, 0.25) is 0 Å². The van der Waals surface area contributed by atoms with Crippen LogP contribution in [0.1, 0.15) is 23.7 Å². The summed E-state index contributed by atoms with van der Waals surface area (Å²) in [5, 5.41) is 2.82. The predicted octanol–water partition coefficient (Wildman–Crippen LogP) is 3.64. The van der Waals surface area contributed by atoms with Gasteiger partial charge in [0.2, 0.25) is 11.8 Å². The highest BCUT2D eigenvalue weighted by atomic mass is 16.2. The topological polar surface area (TPSA) is 66.5 Å². The molecule has 2 aliphatic rings. The average molecular weight is 360 g/mol. The van der Waals surface area contributed by atoms with Gasteiger partial charge in [-0.1, -0.05) is 37.3 Å². The van der Waals surface area contributed by atoms with E-state index in [0.717, 1.165) is 0 Å². The van der Waals surface area contributed by atoms with Crippen LogP contribution < -0.4 is 10.2 Å². The fourth-order valence-electron chi connectivity index (χ4n) is 3.89. The highest BCUT2D eigenvalue weighted by Gasteiger charge is 2.50. The number of amides is 3. The molecule has 3 atom stereocenters. The first-order chi connectivity index (χ1) is 13.1. The molecule has 0 spiro atoms. The van der Waals surface area contributed by atoms with Crippen molar-refractivity contribution in [3.63, 3.8) is 0 Å². The van der Waals surface area contributed by atoms with Gasteiger partial charge in [-0.2, -0.15) is 0 Å². The van der Waals surface area contributed by atoms with E-state index in [1.165, 1.54) is 4.90 Å². The number of hydrogen-bond donors (Lipinski definition) is 1. The van der Waals surface area contributed by atoms with E-state index in [4.69, 9.17) is 0 Å². The SMILES string of the molecule is C[C@@H]1C=CC[C@H]2C(=O)N(c3ccc(C(=O)Nc4ccccc4)cc3)C(=O)[C@@H]12. The highest BCUT2D eigenvalue weighted by Crippen LogP contribution is 2.40. The quantitative estimate of drug-likeness (QED) is 0.671. The molecule has 5 heteroatoms. The maximum Gasteiger partial charge on any atom is 0.255 e. The van der Waals surface area contributed by atoms with Crippen molar-refractivity contribution >= 4 is 29.1 Å². The van der Waals surface area contributed by atoms with Gasteiger partial charge in [0.1, 0.15) is 0 Å². The molecule has 2 aromatic rings. The van der Waals surface area contributed by atoms with Gasteiger partial charge in [0.25, 0.3) is 5.91 Å². The van der Waals surface area contributed by atoms with Gasteiger partial charge < -0.3 is 5.32 Å². The zero-order chi connectivity index (χ0) is 19.0. The second-order valence-electron chi connectivity index (χ2n) is 7.03. The van der Waals surface area contributed by atoms with Gasteiger partial charge in [-0.05, 0) is 48.7 Å². The number of carbonyl (C=O) groups is 3. The Morgan fingerprint density at radius 3 is 2.37 bits per heavy atom. The Labute approximate surface area is 157 Å². The summed E-state index contributed by atoms with van der Waals surface area (Å²) in [5.41, 5.74) is 1.69. The van der Waals surface area contributed by atoms with Crippen molar-refractivity contribution in [3.8, 4) is 0 Å². The molecule has 1 aliphatic heterocycles. The maximum atomic E-state index is 12.8. The molecule has 1 aliphatic carbocycles. The Balaban J connectivity index is 1.53. The molecular formula is C22H20N2O3. The number of benzene rings is 2. The van der Waals surface area contributed by atoms with E-state index in [9.17, 15) is 14.4 Å². The fourth-order valence-corrected chi connectivity index (χ4v) is 3.89. The van der Waals surface area contributed by atoms with E-state index in [1.807, 2.05) is 49.4 Å². The number of para-hydroxylation sites is 1. The molecule has 1 N–H and O–H groups in total. The van der Waals surface area contributed by atoms with E-state index in [-0.39, 0.29) is 35.5 Å². The minimum atomic E-state index is -0.288. The Morgan fingerprint density at radius 2 is 1.70 bits per heavy atom. The standard InChI is InChI=1S/C22H20N2O3/c1-14-6-5-9-18-19(14)22(27)24(21(18)26)17-12-10-15(11-13-17)20(25)23-16-7-3-2-4-8-16/h2-8,10-14,18-19H,9H2,1H3,(H,23,25)/t14-,18-,19+/m1/s1. The van der Waals surface area contributed by atoms with Gasteiger partial charge in [-0.25, -0.2) is 0 Å². The lowest BCUT2D eigenvalue weighted by molar-refractivity contribution is -0.122. The summed E-state index contributed by atoms with van der Waals surface area (Å²) in [5.74, 6) is -1.05. The van der Waals surface area contributed by atoms with E-state index in [0.29, 0.717) is 23.4 Å². The minimum Gasteiger partial charge on any atom is -0.322 e. The normalized spacial score (nSPS) is 24.0. The number of fused-ring (bicyclic) bond motifs is 1. The van der Waals surface area contributed by atoms with Crippen molar-refractivity contribution in [1.82, 2.24) is 0 Å². The smallest absolute Gasteiger partial charge is 0.255 e. The fraction of sp³-hybridized carbons (Fsp3) is 0.227. The van der Waals surface area contributed by atoms with Crippen LogP contribution in [-0.2, 0) is 9.59 Å². The summed E-state index contributed by atoms with van der Waals surface area (Å²) in [6.07, 6.45) is 4.60. The molecule has 27 heavy (non-hydrogen) atoms. The summed E-state index contributed by atoms with van der Waals surface area (Å²) in [6.45, 7) is 1.97. The van der Waals surface area contributed by atoms with Crippen molar-refractivity contribution in [2.24, 2.45) is 17.8 Å². The Morgan fingerprint density at radius 1 is 1.00 bits per heavy atom. The number of hydrogen-bond acceptors (Lipinski definition) is 3. The van der Waals surface area contributed by atoms with E-state index >= 15 is 0 Å². The summed E-state index contributed by atoms with van der Waals surface area (Å²) >= 11 is 0. The first-order valence-corrected chi connectivity index (χ1v) is 9.07. The molecule has 1 heterocycles. The monoisotopic (exact) mass is 360 g/mol. The Kier molecular flexibility index (Phi) is 4.36. The molecule has 136 valence electrons. The maximum absolute atomic E-state index is 12.8. The summed E-state index contributed by atoms with van der Waals surface area (Å²) in [6, 6.07) is 15.8. The lowest BCUT2D eigenvalue weighted by Gasteiger charge is -2.22. The van der Waals surface area contributed by atoms with Crippen molar-refractivity contribution in [3.05, 3.63) is 72.3 Å². The zero-order valence-electron chi connectivity index (χ0n) is 15.0. The van der Waals surface area contributed by atoms with Crippen LogP contribution in [0.15, 0.2) is 66.7 Å². The Bertz CT molecular complexity index is 918. The second kappa shape index (κ2) is 6.83. The van der Waals surface area contributed by atoms with Crippen LogP contribution in [0.25, 0.3) is 0 Å². The average Bonchev–Trinajstić information content (AvgIpc) is 2.94. The molecule has 1 saturated heterocycles. The molecule has 0 bridgehead atoms. The number of anilines is 2. The Hall–Kier alpha value is -3.21. The molecule has 0 saturated carbocycles. The summed E-state index contributed by atoms with van der Waals surface area (Å²) in [4.78, 5) is 39.2. The van der Waals surface area contributed by atoms with E-state index < -0.39 is 0 Å². The predicted molar refractivity (Wildman–Crippen MR) is 103 cm³/mol. The number of nitrogens with one attached hydrogen (secondary N) is 1. The van der Waals surface area contributed by atoms with E-state index in [1.54, 1.807) is 24.3 Å². The number of rotatable bonds is 3. The highest BCUT2D eigenvalue weighted by molar-refractivity contribution is 6.22. The van der Waals surface area contributed by atoms with Crippen LogP contribution in [0.3, 0.4) is 0 Å². The number of imide groups is 1. The first kappa shape index (κ1) is 17.2. The first-order valence-electron chi connectivity index (χ1n) is 9.07. The zero-order valence-corrected chi connectivity index (χ0v) is 15.0. The second-order valence-corrected chi connectivity index (χ2v) is 7.03. The molecule has 0 aromatic heterocycles. The molecule has 5 nitrogen and oxygen atoms in total. The van der Waals surface area contributed by atoms with Gasteiger partial charge in [0, 0.05) is 11.3 Å². The van der Waals surface area contributed by atoms with Crippen LogP contribution in [-0.4, -0.2) is 17.7 Å². The lowest BCUT2D eigenvalue weighted by Crippen LogP contribution is -2.31. The van der Waals surface area contributed by atoms with Crippen LogP contribution >= 0.6 is 0 Å². The van der Waals surface area contributed by atoms with Crippen molar-refractivity contribution in [2.45, 2.75) is 13.3 Å². The summed E-state index contributed by atoms with van der Waals surface area (Å²) < 4.78 is 0. The number of allylic oxidation sites excluding steroid dienone is 2. The molecule has 2 aromatic carbocycles. The van der Waals surface area contributed by atoms with Crippen molar-refractivity contribution in [1.29, 1.82) is 0 Å². The number of carbonyl (C=O) groups excluding carboxylic acids is 3. The summed E-state index contributed by atoms with van der Waals surface area (Å²) in [7, 11) is 0. The third-order valence-electron chi connectivity index (χ3n) is 5.29. The lowest BCUT2D eigenvalue weighted by atomic mass is 9.78. The molecule has 4 rings (SSSR count). The van der Waals surface area contributed by atoms with Crippen LogP contribution in [0, 0.1) is 17.8 Å². The van der Waals surface area contributed by atoms with Gasteiger partial charge in [-0.3, -0.25) is 19.3 Å². The molecule has 1 fully saturated rings. The largest absolute Gasteiger partial charge is 0.322 e. The molecule has 3 amide bonds. The van der Waals surface area contributed by atoms with Crippen molar-refractivity contribution in [2.75, 3.05) is 10.2 Å². The minimum absolute atomic E-state index is 0.0566. The van der Waals surface area contributed by atoms with Crippen LogP contribution in [0.4, 0.5) is 11.4 Å². The molecule has 0 radical (unpaired) electrons. The van der Waals surface area contributed by atoms with Crippen molar-refractivity contribution < 1.29 is 14.4 Å².